The second kappa shape index (κ2) is 10.3. The third-order valence-electron chi connectivity index (χ3n) is 3.88. The number of benzene rings is 2. The van der Waals surface area contributed by atoms with Crippen LogP contribution >= 0.6 is 0 Å². The largest absolute Gasteiger partial charge is 0.539 e. The first-order chi connectivity index (χ1) is 13.1. The molecule has 0 unspecified atom stereocenters. The van der Waals surface area contributed by atoms with Gasteiger partial charge in [0.05, 0.1) is 11.4 Å². The van der Waals surface area contributed by atoms with Crippen molar-refractivity contribution < 1.29 is 13.3 Å². The summed E-state index contributed by atoms with van der Waals surface area (Å²) in [4.78, 5) is 2.04. The predicted molar refractivity (Wildman–Crippen MR) is 112 cm³/mol. The lowest BCUT2D eigenvalue weighted by Crippen LogP contribution is -2.57. The third-order valence-corrected chi connectivity index (χ3v) is 6.96. The molecule has 27 heavy (non-hydrogen) atoms. The van der Waals surface area contributed by atoms with E-state index in [0.717, 1.165) is 16.6 Å². The van der Waals surface area contributed by atoms with Crippen molar-refractivity contribution in [3.8, 4) is 0 Å². The van der Waals surface area contributed by atoms with Crippen LogP contribution in [0.5, 0.6) is 0 Å². The summed E-state index contributed by atoms with van der Waals surface area (Å²) in [5.74, 6) is 0. The maximum atomic E-state index is 6.02. The van der Waals surface area contributed by atoms with Gasteiger partial charge in [0.1, 0.15) is 0 Å². The highest BCUT2D eigenvalue weighted by Gasteiger charge is 2.45. The molecule has 0 bridgehead atoms. The van der Waals surface area contributed by atoms with E-state index >= 15 is 0 Å². The number of hydrogen-bond donors (Lipinski definition) is 0. The maximum absolute atomic E-state index is 6.02. The number of hydrogen-bond acceptors (Lipinski definition) is 6. The van der Waals surface area contributed by atoms with Crippen LogP contribution in [-0.4, -0.2) is 42.7 Å². The molecular formula is C20H29N3O3Si. The quantitative estimate of drug-likeness (QED) is 0.447. The van der Waals surface area contributed by atoms with Crippen molar-refractivity contribution in [3.63, 3.8) is 0 Å². The Morgan fingerprint density at radius 2 is 1.33 bits per heavy atom. The Labute approximate surface area is 163 Å². The monoisotopic (exact) mass is 387 g/mol. The summed E-state index contributed by atoms with van der Waals surface area (Å²) in [6.45, 7) is 7.33. The summed E-state index contributed by atoms with van der Waals surface area (Å²) in [7, 11) is 0.974. The van der Waals surface area contributed by atoms with Crippen LogP contribution in [0.4, 0.5) is 17.1 Å². The molecule has 2 aromatic carbocycles. The Morgan fingerprint density at radius 3 is 1.85 bits per heavy atom. The highest BCUT2D eigenvalue weighted by atomic mass is 28.4. The van der Waals surface area contributed by atoms with Crippen LogP contribution in [-0.2, 0) is 13.3 Å². The SMILES string of the molecule is CCO[Si](OCC)(OCC)c1ccccc1N=Nc1ccc(N(C)C)cc1. The Morgan fingerprint density at radius 1 is 0.778 bits per heavy atom. The Balaban J connectivity index is 2.37. The fraction of sp³-hybridized carbons (Fsp3) is 0.400. The fourth-order valence-corrected chi connectivity index (χ4v) is 5.28. The van der Waals surface area contributed by atoms with Crippen LogP contribution in [0.25, 0.3) is 0 Å². The zero-order valence-electron chi connectivity index (χ0n) is 16.8. The third kappa shape index (κ3) is 5.46. The highest BCUT2D eigenvalue weighted by molar-refractivity contribution is 6.76. The molecule has 6 nitrogen and oxygen atoms in total. The summed E-state index contributed by atoms with van der Waals surface area (Å²) in [5, 5.41) is 9.70. The second-order valence-corrected chi connectivity index (χ2v) is 8.50. The topological polar surface area (TPSA) is 55.6 Å². The molecule has 146 valence electrons. The first-order valence-corrected chi connectivity index (χ1v) is 11.0. The first kappa shape index (κ1) is 21.2. The number of nitrogens with zero attached hydrogens (tertiary/aromatic N) is 3. The molecular weight excluding hydrogens is 358 g/mol. The van der Waals surface area contributed by atoms with Crippen molar-refractivity contribution in [1.82, 2.24) is 0 Å². The summed E-state index contributed by atoms with van der Waals surface area (Å²) in [6, 6.07) is 15.6. The van der Waals surface area contributed by atoms with E-state index < -0.39 is 8.80 Å². The lowest BCUT2D eigenvalue weighted by atomic mass is 10.3. The van der Waals surface area contributed by atoms with Gasteiger partial charge in [0.25, 0.3) is 0 Å². The van der Waals surface area contributed by atoms with Gasteiger partial charge in [-0.25, -0.2) is 0 Å². The Kier molecular flexibility index (Phi) is 8.12. The van der Waals surface area contributed by atoms with Crippen molar-refractivity contribution in [1.29, 1.82) is 0 Å². The minimum Gasteiger partial charge on any atom is -0.378 e. The van der Waals surface area contributed by atoms with Crippen LogP contribution in [0.2, 0.25) is 0 Å². The van der Waals surface area contributed by atoms with Gasteiger partial charge < -0.3 is 18.2 Å². The molecule has 0 radical (unpaired) electrons. The van der Waals surface area contributed by atoms with Gasteiger partial charge in [-0.3, -0.25) is 0 Å². The molecule has 0 saturated carbocycles. The van der Waals surface area contributed by atoms with Crippen LogP contribution in [0, 0.1) is 0 Å². The van der Waals surface area contributed by atoms with Crippen molar-refractivity contribution >= 4 is 31.1 Å². The van der Waals surface area contributed by atoms with Gasteiger partial charge in [0.2, 0.25) is 0 Å². The smallest absolute Gasteiger partial charge is 0.378 e. The van der Waals surface area contributed by atoms with Gasteiger partial charge >= 0.3 is 8.80 Å². The Hall–Kier alpha value is -2.06. The van der Waals surface area contributed by atoms with Gasteiger partial charge in [-0.2, -0.15) is 10.2 Å². The van der Waals surface area contributed by atoms with E-state index in [1.54, 1.807) is 0 Å². The molecule has 0 saturated heterocycles. The summed E-state index contributed by atoms with van der Waals surface area (Å²) < 4.78 is 18.1. The number of anilines is 1. The average Bonchev–Trinajstić information content (AvgIpc) is 2.67. The summed E-state index contributed by atoms with van der Waals surface area (Å²) >= 11 is 0. The van der Waals surface area contributed by atoms with Gasteiger partial charge in [0, 0.05) is 44.8 Å². The predicted octanol–water partition coefficient (Wildman–Crippen LogP) is 4.42. The number of rotatable bonds is 10. The van der Waals surface area contributed by atoms with Crippen molar-refractivity contribution in [3.05, 3.63) is 48.5 Å². The van der Waals surface area contributed by atoms with Crippen LogP contribution in [0.3, 0.4) is 0 Å². The molecule has 0 spiro atoms. The van der Waals surface area contributed by atoms with Crippen LogP contribution < -0.4 is 10.1 Å². The normalized spacial score (nSPS) is 11.9. The minimum absolute atomic E-state index is 0.504. The average molecular weight is 388 g/mol. The Bertz CT molecular complexity index is 718. The van der Waals surface area contributed by atoms with Gasteiger partial charge in [-0.15, -0.1) is 0 Å². The van der Waals surface area contributed by atoms with E-state index in [2.05, 4.69) is 10.2 Å². The molecule has 0 aliphatic heterocycles. The van der Waals surface area contributed by atoms with Crippen molar-refractivity contribution in [2.45, 2.75) is 20.8 Å². The molecule has 0 N–H and O–H groups in total. The highest BCUT2D eigenvalue weighted by Crippen LogP contribution is 2.23. The summed E-state index contributed by atoms with van der Waals surface area (Å²) in [6.07, 6.45) is 0. The zero-order chi connectivity index (χ0) is 19.7. The zero-order valence-corrected chi connectivity index (χ0v) is 17.8. The molecule has 0 heterocycles. The van der Waals surface area contributed by atoms with Crippen LogP contribution in [0.1, 0.15) is 20.8 Å². The van der Waals surface area contributed by atoms with Crippen molar-refractivity contribution in [2.24, 2.45) is 10.2 Å². The van der Waals surface area contributed by atoms with E-state index in [1.165, 1.54) is 0 Å². The molecule has 0 aliphatic rings. The maximum Gasteiger partial charge on any atom is 0.539 e. The van der Waals surface area contributed by atoms with E-state index in [1.807, 2.05) is 88.3 Å². The van der Waals surface area contributed by atoms with E-state index in [0.29, 0.717) is 25.5 Å². The van der Waals surface area contributed by atoms with Gasteiger partial charge in [0.15, 0.2) is 0 Å². The van der Waals surface area contributed by atoms with E-state index in [-0.39, 0.29) is 0 Å². The molecule has 0 fully saturated rings. The van der Waals surface area contributed by atoms with E-state index in [9.17, 15) is 0 Å². The molecule has 2 aromatic rings. The van der Waals surface area contributed by atoms with Gasteiger partial charge in [-0.05, 0) is 51.1 Å². The molecule has 0 atom stereocenters. The molecule has 0 aromatic heterocycles. The van der Waals surface area contributed by atoms with Crippen molar-refractivity contribution in [2.75, 3.05) is 38.8 Å². The number of azo groups is 1. The lowest BCUT2D eigenvalue weighted by molar-refractivity contribution is 0.0860. The lowest BCUT2D eigenvalue weighted by Gasteiger charge is -2.29. The van der Waals surface area contributed by atoms with Gasteiger partial charge in [-0.1, -0.05) is 18.2 Å². The molecule has 0 aliphatic carbocycles. The molecule has 2 rings (SSSR count). The molecule has 7 heteroatoms. The first-order valence-electron chi connectivity index (χ1n) is 9.26. The standard InChI is InChI=1S/C20H29N3O3Si/c1-6-24-27(25-7-2,26-8-3)20-12-10-9-11-19(20)22-21-17-13-15-18(16-14-17)23(4)5/h9-16H,6-8H2,1-5H3. The second-order valence-electron chi connectivity index (χ2n) is 5.98. The van der Waals surface area contributed by atoms with Crippen LogP contribution in [0.15, 0.2) is 58.8 Å². The summed E-state index contributed by atoms with van der Waals surface area (Å²) in [5.41, 5.74) is 2.60. The minimum atomic E-state index is -3.04. The molecule has 0 amide bonds. The van der Waals surface area contributed by atoms with E-state index in [4.69, 9.17) is 13.3 Å². The fourth-order valence-electron chi connectivity index (χ4n) is 2.68.